The SMILES string of the molecule is Cc1cc(C#N)ccc1C1SC(C)CNc2c1c(C)nn2C. The summed E-state index contributed by atoms with van der Waals surface area (Å²) in [5, 5.41) is 18.0. The number of hydrogen-bond donors (Lipinski definition) is 1. The molecule has 3 rings (SSSR count). The average molecular weight is 312 g/mol. The van der Waals surface area contributed by atoms with E-state index in [1.54, 1.807) is 0 Å². The first kappa shape index (κ1) is 15.0. The van der Waals surface area contributed by atoms with Crippen LogP contribution < -0.4 is 5.32 Å². The zero-order valence-electron chi connectivity index (χ0n) is 13.3. The topological polar surface area (TPSA) is 53.6 Å². The minimum absolute atomic E-state index is 0.251. The summed E-state index contributed by atoms with van der Waals surface area (Å²) in [4.78, 5) is 0. The molecular weight excluding hydrogens is 292 g/mol. The summed E-state index contributed by atoms with van der Waals surface area (Å²) >= 11 is 1.96. The molecule has 2 aromatic rings. The lowest BCUT2D eigenvalue weighted by molar-refractivity contribution is 0.757. The van der Waals surface area contributed by atoms with Gasteiger partial charge in [-0.05, 0) is 37.1 Å². The minimum atomic E-state index is 0.251. The van der Waals surface area contributed by atoms with Crippen molar-refractivity contribution in [2.24, 2.45) is 7.05 Å². The normalized spacial score (nSPS) is 20.7. The Kier molecular flexibility index (Phi) is 3.88. The molecule has 2 unspecified atom stereocenters. The number of nitriles is 1. The van der Waals surface area contributed by atoms with Crippen LogP contribution in [0.3, 0.4) is 0 Å². The predicted octanol–water partition coefficient (Wildman–Crippen LogP) is 3.55. The highest BCUT2D eigenvalue weighted by atomic mass is 32.2. The second-order valence-electron chi connectivity index (χ2n) is 5.86. The van der Waals surface area contributed by atoms with E-state index in [2.05, 4.69) is 43.3 Å². The Morgan fingerprint density at radius 1 is 1.41 bits per heavy atom. The summed E-state index contributed by atoms with van der Waals surface area (Å²) in [5.74, 6) is 1.11. The highest BCUT2D eigenvalue weighted by Gasteiger charge is 2.30. The van der Waals surface area contributed by atoms with E-state index in [9.17, 15) is 0 Å². The van der Waals surface area contributed by atoms with Crippen molar-refractivity contribution in [1.29, 1.82) is 5.26 Å². The number of hydrogen-bond acceptors (Lipinski definition) is 4. The number of anilines is 1. The molecule has 0 saturated heterocycles. The number of nitrogens with one attached hydrogen (secondary N) is 1. The number of aromatic nitrogens is 2. The zero-order valence-corrected chi connectivity index (χ0v) is 14.2. The second kappa shape index (κ2) is 5.69. The molecule has 0 saturated carbocycles. The molecule has 0 fully saturated rings. The number of nitrogens with zero attached hydrogens (tertiary/aromatic N) is 3. The molecule has 22 heavy (non-hydrogen) atoms. The van der Waals surface area contributed by atoms with Crippen LogP contribution in [0.5, 0.6) is 0 Å². The number of fused-ring (bicyclic) bond motifs is 1. The number of thioether (sulfide) groups is 1. The lowest BCUT2D eigenvalue weighted by Gasteiger charge is -2.20. The maximum atomic E-state index is 9.08. The molecule has 1 aromatic carbocycles. The van der Waals surface area contributed by atoms with Crippen molar-refractivity contribution in [3.8, 4) is 6.07 Å². The van der Waals surface area contributed by atoms with Crippen LogP contribution in [-0.2, 0) is 7.05 Å². The van der Waals surface area contributed by atoms with Crippen LogP contribution in [0.15, 0.2) is 18.2 Å². The first-order valence-electron chi connectivity index (χ1n) is 7.44. The van der Waals surface area contributed by atoms with Crippen LogP contribution in [-0.4, -0.2) is 21.6 Å². The van der Waals surface area contributed by atoms with Crippen LogP contribution in [0.25, 0.3) is 0 Å². The molecule has 1 aromatic heterocycles. The summed E-state index contributed by atoms with van der Waals surface area (Å²) in [6.07, 6.45) is 0. The molecule has 0 spiro atoms. The standard InChI is InChI=1S/C17H20N4S/c1-10-7-13(8-18)5-6-14(10)16-15-12(3)20-21(4)17(15)19-9-11(2)22-16/h5-7,11,16,19H,9H2,1-4H3. The fraction of sp³-hybridized carbons (Fsp3) is 0.412. The molecule has 4 nitrogen and oxygen atoms in total. The van der Waals surface area contributed by atoms with E-state index in [4.69, 9.17) is 5.26 Å². The van der Waals surface area contributed by atoms with Gasteiger partial charge in [-0.15, -0.1) is 11.8 Å². The third kappa shape index (κ3) is 2.48. The van der Waals surface area contributed by atoms with E-state index in [0.29, 0.717) is 10.8 Å². The van der Waals surface area contributed by atoms with Crippen molar-refractivity contribution in [3.05, 3.63) is 46.1 Å². The molecular formula is C17H20N4S. The Bertz CT molecular complexity index is 757. The van der Waals surface area contributed by atoms with Gasteiger partial charge in [-0.3, -0.25) is 4.68 Å². The fourth-order valence-corrected chi connectivity index (χ4v) is 4.53. The van der Waals surface area contributed by atoms with Gasteiger partial charge in [-0.2, -0.15) is 10.4 Å². The highest BCUT2D eigenvalue weighted by molar-refractivity contribution is 8.00. The van der Waals surface area contributed by atoms with E-state index < -0.39 is 0 Å². The van der Waals surface area contributed by atoms with Gasteiger partial charge in [-0.25, -0.2) is 0 Å². The summed E-state index contributed by atoms with van der Waals surface area (Å²) in [5.41, 5.74) is 5.50. The maximum absolute atomic E-state index is 9.08. The summed E-state index contributed by atoms with van der Waals surface area (Å²) in [6, 6.07) is 8.21. The van der Waals surface area contributed by atoms with Crippen LogP contribution in [0.4, 0.5) is 5.82 Å². The molecule has 2 heterocycles. The molecule has 5 heteroatoms. The molecule has 1 aliphatic rings. The van der Waals surface area contributed by atoms with Crippen molar-refractivity contribution in [2.75, 3.05) is 11.9 Å². The number of aryl methyl sites for hydroxylation is 3. The fourth-order valence-electron chi connectivity index (χ4n) is 3.06. The third-order valence-corrected chi connectivity index (χ3v) is 5.53. The van der Waals surface area contributed by atoms with Gasteiger partial charge < -0.3 is 5.32 Å². The van der Waals surface area contributed by atoms with E-state index in [1.165, 1.54) is 16.7 Å². The van der Waals surface area contributed by atoms with Gasteiger partial charge in [0, 0.05) is 24.4 Å². The van der Waals surface area contributed by atoms with Gasteiger partial charge in [-0.1, -0.05) is 13.0 Å². The number of benzene rings is 1. The smallest absolute Gasteiger partial charge is 0.128 e. The Hall–Kier alpha value is -1.93. The van der Waals surface area contributed by atoms with Gasteiger partial charge in [0.1, 0.15) is 5.82 Å². The van der Waals surface area contributed by atoms with Gasteiger partial charge in [0.2, 0.25) is 0 Å². The average Bonchev–Trinajstić information content (AvgIpc) is 2.66. The van der Waals surface area contributed by atoms with E-state index in [1.807, 2.05) is 35.6 Å². The Labute approximate surface area is 135 Å². The molecule has 0 aliphatic carbocycles. The predicted molar refractivity (Wildman–Crippen MR) is 91.2 cm³/mol. The third-order valence-electron chi connectivity index (χ3n) is 4.14. The Balaban J connectivity index is 2.15. The molecule has 114 valence electrons. The lowest BCUT2D eigenvalue weighted by Crippen LogP contribution is -2.13. The number of rotatable bonds is 1. The summed E-state index contributed by atoms with van der Waals surface area (Å²) in [7, 11) is 1.99. The summed E-state index contributed by atoms with van der Waals surface area (Å²) in [6.45, 7) is 7.34. The lowest BCUT2D eigenvalue weighted by atomic mass is 9.98. The Morgan fingerprint density at radius 2 is 2.18 bits per heavy atom. The molecule has 1 aliphatic heterocycles. The van der Waals surface area contributed by atoms with Crippen LogP contribution in [0.2, 0.25) is 0 Å². The second-order valence-corrected chi connectivity index (χ2v) is 7.41. The van der Waals surface area contributed by atoms with Gasteiger partial charge in [0.25, 0.3) is 0 Å². The van der Waals surface area contributed by atoms with Crippen LogP contribution in [0, 0.1) is 25.2 Å². The van der Waals surface area contributed by atoms with Gasteiger partial charge in [0.15, 0.2) is 0 Å². The molecule has 0 bridgehead atoms. The zero-order chi connectivity index (χ0) is 15.9. The largest absolute Gasteiger partial charge is 0.369 e. The first-order valence-corrected chi connectivity index (χ1v) is 8.39. The van der Waals surface area contributed by atoms with Crippen LogP contribution in [0.1, 0.15) is 40.1 Å². The van der Waals surface area contributed by atoms with E-state index >= 15 is 0 Å². The van der Waals surface area contributed by atoms with Gasteiger partial charge in [0.05, 0.1) is 22.6 Å². The highest BCUT2D eigenvalue weighted by Crippen LogP contribution is 2.45. The van der Waals surface area contributed by atoms with Crippen LogP contribution >= 0.6 is 11.8 Å². The van der Waals surface area contributed by atoms with Crippen molar-refractivity contribution in [1.82, 2.24) is 9.78 Å². The van der Waals surface area contributed by atoms with E-state index in [-0.39, 0.29) is 5.25 Å². The van der Waals surface area contributed by atoms with Gasteiger partial charge >= 0.3 is 0 Å². The quantitative estimate of drug-likeness (QED) is 0.875. The van der Waals surface area contributed by atoms with E-state index in [0.717, 1.165) is 18.1 Å². The molecule has 2 atom stereocenters. The molecule has 1 N–H and O–H groups in total. The van der Waals surface area contributed by atoms with Crippen molar-refractivity contribution in [3.63, 3.8) is 0 Å². The Morgan fingerprint density at radius 3 is 2.86 bits per heavy atom. The first-order chi connectivity index (χ1) is 10.5. The monoisotopic (exact) mass is 312 g/mol. The van der Waals surface area contributed by atoms with Crippen molar-refractivity contribution in [2.45, 2.75) is 31.3 Å². The maximum Gasteiger partial charge on any atom is 0.128 e. The minimum Gasteiger partial charge on any atom is -0.369 e. The van der Waals surface area contributed by atoms with Crippen molar-refractivity contribution >= 4 is 17.6 Å². The molecule has 0 radical (unpaired) electrons. The molecule has 0 amide bonds. The van der Waals surface area contributed by atoms with Crippen molar-refractivity contribution < 1.29 is 0 Å². The summed E-state index contributed by atoms with van der Waals surface area (Å²) < 4.78 is 1.94.